The first-order chi connectivity index (χ1) is 11.0. The predicted molar refractivity (Wildman–Crippen MR) is 90.8 cm³/mol. The molecule has 0 aliphatic heterocycles. The fourth-order valence-corrected chi connectivity index (χ4v) is 2.04. The summed E-state index contributed by atoms with van der Waals surface area (Å²) >= 11 is 0. The molecule has 1 rings (SSSR count). The Balaban J connectivity index is 2.90. The van der Waals surface area contributed by atoms with E-state index in [9.17, 15) is 4.79 Å². The summed E-state index contributed by atoms with van der Waals surface area (Å²) in [6, 6.07) is 7.44. The minimum atomic E-state index is -0.430. The van der Waals surface area contributed by atoms with E-state index in [1.807, 2.05) is 45.0 Å². The van der Waals surface area contributed by atoms with E-state index in [4.69, 9.17) is 10.00 Å². The lowest BCUT2D eigenvalue weighted by molar-refractivity contribution is -0.117. The maximum atomic E-state index is 12.2. The Bertz CT molecular complexity index is 630. The monoisotopic (exact) mass is 313 g/mol. The molecule has 0 spiro atoms. The SMILES string of the molecule is C=CCN/C=C(/C#N)C(=O)NC(C)c1cc(C)ccc1OCC. The number of hydrogen-bond donors (Lipinski definition) is 2. The summed E-state index contributed by atoms with van der Waals surface area (Å²) in [5.41, 5.74) is 1.98. The summed E-state index contributed by atoms with van der Waals surface area (Å²) < 4.78 is 5.61. The highest BCUT2D eigenvalue weighted by molar-refractivity contribution is 5.97. The number of carbonyl (C=O) groups excluding carboxylic acids is 1. The van der Waals surface area contributed by atoms with E-state index in [-0.39, 0.29) is 11.6 Å². The number of carbonyl (C=O) groups is 1. The molecule has 0 saturated carbocycles. The number of nitrogens with zero attached hydrogens (tertiary/aromatic N) is 1. The maximum absolute atomic E-state index is 12.2. The van der Waals surface area contributed by atoms with Crippen LogP contribution in [0.5, 0.6) is 5.75 Å². The Morgan fingerprint density at radius 1 is 1.52 bits per heavy atom. The topological polar surface area (TPSA) is 74.2 Å². The number of benzene rings is 1. The zero-order valence-electron chi connectivity index (χ0n) is 13.8. The van der Waals surface area contributed by atoms with Crippen LogP contribution in [0.2, 0.25) is 0 Å². The second-order valence-corrected chi connectivity index (χ2v) is 5.04. The Kier molecular flexibility index (Phi) is 7.41. The van der Waals surface area contributed by atoms with Gasteiger partial charge in [-0.1, -0.05) is 23.8 Å². The first kappa shape index (κ1) is 18.3. The van der Waals surface area contributed by atoms with Gasteiger partial charge in [0.1, 0.15) is 17.4 Å². The molecule has 0 bridgehead atoms. The first-order valence-electron chi connectivity index (χ1n) is 7.52. The van der Waals surface area contributed by atoms with Crippen LogP contribution in [0.4, 0.5) is 0 Å². The van der Waals surface area contributed by atoms with Crippen molar-refractivity contribution in [1.82, 2.24) is 10.6 Å². The van der Waals surface area contributed by atoms with Gasteiger partial charge in [0.15, 0.2) is 0 Å². The molecule has 1 amide bonds. The molecule has 5 heteroatoms. The minimum absolute atomic E-state index is 0.0179. The van der Waals surface area contributed by atoms with Crippen molar-refractivity contribution in [2.75, 3.05) is 13.2 Å². The van der Waals surface area contributed by atoms with Gasteiger partial charge in [-0.25, -0.2) is 0 Å². The number of amides is 1. The van der Waals surface area contributed by atoms with Gasteiger partial charge in [-0.15, -0.1) is 6.58 Å². The number of aryl methyl sites for hydroxylation is 1. The lowest BCUT2D eigenvalue weighted by Gasteiger charge is -2.18. The standard InChI is InChI=1S/C18H23N3O2/c1-5-9-20-12-15(11-19)18(22)21-14(4)16-10-13(3)7-8-17(16)23-6-2/h5,7-8,10,12,14,20H,1,6,9H2,2-4H3,(H,21,22)/b15-12-. The highest BCUT2D eigenvalue weighted by Crippen LogP contribution is 2.26. The molecule has 5 nitrogen and oxygen atoms in total. The molecule has 0 aliphatic rings. The van der Waals surface area contributed by atoms with E-state index in [0.29, 0.717) is 13.2 Å². The van der Waals surface area contributed by atoms with Gasteiger partial charge in [0.2, 0.25) is 0 Å². The number of rotatable bonds is 8. The molecule has 0 aromatic heterocycles. The Morgan fingerprint density at radius 3 is 2.87 bits per heavy atom. The molecule has 0 saturated heterocycles. The summed E-state index contributed by atoms with van der Waals surface area (Å²) in [6.07, 6.45) is 3.04. The van der Waals surface area contributed by atoms with Gasteiger partial charge < -0.3 is 15.4 Å². The highest BCUT2D eigenvalue weighted by atomic mass is 16.5. The summed E-state index contributed by atoms with van der Waals surface area (Å²) in [5, 5.41) is 14.7. The van der Waals surface area contributed by atoms with E-state index < -0.39 is 5.91 Å². The van der Waals surface area contributed by atoms with Gasteiger partial charge in [-0.3, -0.25) is 4.79 Å². The van der Waals surface area contributed by atoms with Crippen LogP contribution in [0.1, 0.15) is 31.0 Å². The van der Waals surface area contributed by atoms with Crippen molar-refractivity contribution in [2.45, 2.75) is 26.8 Å². The second-order valence-electron chi connectivity index (χ2n) is 5.04. The zero-order chi connectivity index (χ0) is 17.2. The highest BCUT2D eigenvalue weighted by Gasteiger charge is 2.17. The van der Waals surface area contributed by atoms with E-state index in [0.717, 1.165) is 16.9 Å². The zero-order valence-corrected chi connectivity index (χ0v) is 13.8. The minimum Gasteiger partial charge on any atom is -0.494 e. The van der Waals surface area contributed by atoms with Gasteiger partial charge in [0.05, 0.1) is 12.6 Å². The molecular formula is C18H23N3O2. The molecule has 1 aromatic rings. The van der Waals surface area contributed by atoms with Crippen molar-refractivity contribution >= 4 is 5.91 Å². The van der Waals surface area contributed by atoms with Crippen LogP contribution in [0.25, 0.3) is 0 Å². The Morgan fingerprint density at radius 2 is 2.26 bits per heavy atom. The lowest BCUT2D eigenvalue weighted by atomic mass is 10.0. The lowest BCUT2D eigenvalue weighted by Crippen LogP contribution is -2.29. The Labute approximate surface area is 137 Å². The van der Waals surface area contributed by atoms with Crippen molar-refractivity contribution in [2.24, 2.45) is 0 Å². The number of nitriles is 1. The fraction of sp³-hybridized carbons (Fsp3) is 0.333. The molecule has 1 aromatic carbocycles. The van der Waals surface area contributed by atoms with E-state index >= 15 is 0 Å². The molecule has 2 N–H and O–H groups in total. The van der Waals surface area contributed by atoms with E-state index in [1.165, 1.54) is 6.20 Å². The van der Waals surface area contributed by atoms with Crippen LogP contribution in [0.3, 0.4) is 0 Å². The van der Waals surface area contributed by atoms with Crippen molar-refractivity contribution < 1.29 is 9.53 Å². The third-order valence-corrected chi connectivity index (χ3v) is 3.15. The van der Waals surface area contributed by atoms with E-state index in [2.05, 4.69) is 17.2 Å². The van der Waals surface area contributed by atoms with Gasteiger partial charge in [0.25, 0.3) is 5.91 Å². The van der Waals surface area contributed by atoms with Gasteiger partial charge in [0, 0.05) is 18.3 Å². The molecule has 0 fully saturated rings. The third-order valence-electron chi connectivity index (χ3n) is 3.15. The molecule has 0 aliphatic carbocycles. The van der Waals surface area contributed by atoms with Crippen LogP contribution >= 0.6 is 0 Å². The molecule has 0 heterocycles. The van der Waals surface area contributed by atoms with Gasteiger partial charge in [-0.05, 0) is 26.8 Å². The van der Waals surface area contributed by atoms with E-state index in [1.54, 1.807) is 6.08 Å². The molecule has 0 radical (unpaired) electrons. The Hall–Kier alpha value is -2.74. The second kappa shape index (κ2) is 9.31. The van der Waals surface area contributed by atoms with Gasteiger partial charge >= 0.3 is 0 Å². The van der Waals surface area contributed by atoms with Crippen molar-refractivity contribution in [3.8, 4) is 11.8 Å². The van der Waals surface area contributed by atoms with Crippen molar-refractivity contribution in [3.63, 3.8) is 0 Å². The number of ether oxygens (including phenoxy) is 1. The van der Waals surface area contributed by atoms with Crippen LogP contribution in [-0.4, -0.2) is 19.1 Å². The normalized spacial score (nSPS) is 12.0. The fourth-order valence-electron chi connectivity index (χ4n) is 2.04. The average Bonchev–Trinajstić information content (AvgIpc) is 2.53. The molecule has 23 heavy (non-hydrogen) atoms. The van der Waals surface area contributed by atoms with Crippen LogP contribution in [0.15, 0.2) is 42.6 Å². The van der Waals surface area contributed by atoms with Crippen molar-refractivity contribution in [3.05, 3.63) is 53.8 Å². The average molecular weight is 313 g/mol. The summed E-state index contributed by atoms with van der Waals surface area (Å²) in [5.74, 6) is 0.304. The van der Waals surface area contributed by atoms with Gasteiger partial charge in [-0.2, -0.15) is 5.26 Å². The molecular weight excluding hydrogens is 290 g/mol. The predicted octanol–water partition coefficient (Wildman–Crippen LogP) is 2.75. The molecule has 1 atom stereocenters. The van der Waals surface area contributed by atoms with Crippen LogP contribution in [-0.2, 0) is 4.79 Å². The first-order valence-corrected chi connectivity index (χ1v) is 7.52. The van der Waals surface area contributed by atoms with Crippen molar-refractivity contribution in [1.29, 1.82) is 5.26 Å². The summed E-state index contributed by atoms with van der Waals surface area (Å²) in [6.45, 7) is 10.3. The van der Waals surface area contributed by atoms with Crippen LogP contribution < -0.4 is 15.4 Å². The third kappa shape index (κ3) is 5.51. The largest absolute Gasteiger partial charge is 0.494 e. The summed E-state index contributed by atoms with van der Waals surface area (Å²) in [7, 11) is 0. The summed E-state index contributed by atoms with van der Waals surface area (Å²) in [4.78, 5) is 12.2. The van der Waals surface area contributed by atoms with Crippen LogP contribution in [0, 0.1) is 18.3 Å². The smallest absolute Gasteiger partial charge is 0.263 e. The molecule has 1 unspecified atom stereocenters. The number of nitrogens with one attached hydrogen (secondary N) is 2. The maximum Gasteiger partial charge on any atom is 0.263 e. The number of hydrogen-bond acceptors (Lipinski definition) is 4. The molecule has 122 valence electrons. The quantitative estimate of drug-likeness (QED) is 0.335.